The van der Waals surface area contributed by atoms with E-state index in [0.717, 1.165) is 0 Å². The van der Waals surface area contributed by atoms with Gasteiger partial charge in [-0.15, -0.1) is 0 Å². The van der Waals surface area contributed by atoms with Crippen LogP contribution in [0.2, 0.25) is 0 Å². The van der Waals surface area contributed by atoms with Crippen molar-refractivity contribution in [1.29, 1.82) is 0 Å². The number of nitrogen functional groups attached to an aromatic ring is 1. The van der Waals surface area contributed by atoms with Crippen molar-refractivity contribution in [3.05, 3.63) is 22.4 Å². The van der Waals surface area contributed by atoms with Crippen molar-refractivity contribution < 1.29 is 13.9 Å². The molecule has 1 aromatic heterocycles. The van der Waals surface area contributed by atoms with Crippen molar-refractivity contribution in [2.75, 3.05) is 18.9 Å². The van der Waals surface area contributed by atoms with E-state index in [9.17, 15) is 9.18 Å². The first-order valence-electron chi connectivity index (χ1n) is 5.46. The number of primary amides is 1. The van der Waals surface area contributed by atoms with E-state index in [2.05, 4.69) is 20.9 Å². The fourth-order valence-corrected chi connectivity index (χ4v) is 2.03. The van der Waals surface area contributed by atoms with Crippen molar-refractivity contribution in [2.45, 2.75) is 6.54 Å². The average molecular weight is 331 g/mol. The molecule has 1 aromatic carbocycles. The Morgan fingerprint density at radius 2 is 2.26 bits per heavy atom. The summed E-state index contributed by atoms with van der Waals surface area (Å²) >= 11 is 3.11. The van der Waals surface area contributed by atoms with Crippen molar-refractivity contribution in [1.82, 2.24) is 9.55 Å². The Labute approximate surface area is 116 Å². The van der Waals surface area contributed by atoms with Crippen molar-refractivity contribution in [3.63, 3.8) is 0 Å². The summed E-state index contributed by atoms with van der Waals surface area (Å²) in [6, 6.07) is 2.90. The fraction of sp³-hybridized carbons (Fsp3) is 0.273. The Hall–Kier alpha value is -1.67. The van der Waals surface area contributed by atoms with Crippen LogP contribution in [0, 0.1) is 5.82 Å². The molecule has 0 saturated carbocycles. The lowest BCUT2D eigenvalue weighted by Crippen LogP contribution is -2.20. The maximum atomic E-state index is 13.4. The second kappa shape index (κ2) is 5.54. The molecule has 0 radical (unpaired) electrons. The number of nitrogens with zero attached hydrogens (tertiary/aromatic N) is 2. The third kappa shape index (κ3) is 3.02. The van der Waals surface area contributed by atoms with E-state index < -0.39 is 11.7 Å². The van der Waals surface area contributed by atoms with E-state index in [4.69, 9.17) is 16.2 Å². The molecule has 0 saturated heterocycles. The molecule has 0 aliphatic carbocycles. The summed E-state index contributed by atoms with van der Waals surface area (Å²) in [6.07, 6.45) is 0. The van der Waals surface area contributed by atoms with Crippen molar-refractivity contribution >= 4 is 38.8 Å². The van der Waals surface area contributed by atoms with E-state index >= 15 is 0 Å². The Morgan fingerprint density at radius 3 is 2.95 bits per heavy atom. The van der Waals surface area contributed by atoms with Crippen LogP contribution in [0.5, 0.6) is 0 Å². The third-order valence-corrected chi connectivity index (χ3v) is 3.13. The molecule has 4 N–H and O–H groups in total. The van der Waals surface area contributed by atoms with Gasteiger partial charge in [0.15, 0.2) is 0 Å². The highest BCUT2D eigenvalue weighted by Crippen LogP contribution is 2.24. The van der Waals surface area contributed by atoms with Gasteiger partial charge >= 0.3 is 0 Å². The highest BCUT2D eigenvalue weighted by Gasteiger charge is 2.11. The number of anilines is 1. The van der Waals surface area contributed by atoms with Crippen molar-refractivity contribution in [2.24, 2.45) is 5.73 Å². The van der Waals surface area contributed by atoms with Crippen molar-refractivity contribution in [3.8, 4) is 0 Å². The first-order chi connectivity index (χ1) is 8.99. The normalized spacial score (nSPS) is 11.1. The molecule has 0 spiro atoms. The molecule has 0 unspecified atom stereocenters. The molecule has 8 heteroatoms. The summed E-state index contributed by atoms with van der Waals surface area (Å²) in [5.41, 5.74) is 11.9. The van der Waals surface area contributed by atoms with Crippen LogP contribution in [0.15, 0.2) is 16.6 Å². The number of hydrogen-bond donors (Lipinski definition) is 2. The second-order valence-corrected chi connectivity index (χ2v) is 4.75. The number of imidazole rings is 1. The molecule has 2 rings (SSSR count). The van der Waals surface area contributed by atoms with Crippen LogP contribution < -0.4 is 11.5 Å². The van der Waals surface area contributed by atoms with Gasteiger partial charge < -0.3 is 20.8 Å². The second-order valence-electron chi connectivity index (χ2n) is 3.90. The number of rotatable bonds is 5. The Balaban J connectivity index is 2.20. The molecule has 19 heavy (non-hydrogen) atoms. The Morgan fingerprint density at radius 1 is 1.53 bits per heavy atom. The first-order valence-corrected chi connectivity index (χ1v) is 6.25. The average Bonchev–Trinajstić information content (AvgIpc) is 2.61. The number of nitrogens with two attached hydrogens (primary N) is 2. The van der Waals surface area contributed by atoms with Gasteiger partial charge in [0.2, 0.25) is 11.9 Å². The lowest BCUT2D eigenvalue weighted by Gasteiger charge is -2.07. The molecule has 0 atom stereocenters. The van der Waals surface area contributed by atoms with Gasteiger partial charge in [-0.2, -0.15) is 0 Å². The number of hydrogen-bond acceptors (Lipinski definition) is 4. The number of fused-ring (bicyclic) bond motifs is 1. The number of carbonyl (C=O) groups excluding carboxylic acids is 1. The summed E-state index contributed by atoms with van der Waals surface area (Å²) in [4.78, 5) is 14.6. The smallest absolute Gasteiger partial charge is 0.243 e. The van der Waals surface area contributed by atoms with E-state index in [1.54, 1.807) is 10.6 Å². The molecule has 2 aromatic rings. The van der Waals surface area contributed by atoms with Crippen LogP contribution in [0.25, 0.3) is 11.0 Å². The third-order valence-electron chi connectivity index (χ3n) is 2.52. The van der Waals surface area contributed by atoms with Gasteiger partial charge in [0.1, 0.15) is 12.4 Å². The van der Waals surface area contributed by atoms with Crippen LogP contribution in [0.3, 0.4) is 0 Å². The summed E-state index contributed by atoms with van der Waals surface area (Å²) in [5.74, 6) is -0.675. The predicted octanol–water partition coefficient (Wildman–Crippen LogP) is 1.02. The Bertz CT molecular complexity index is 629. The van der Waals surface area contributed by atoms with Gasteiger partial charge in [0, 0.05) is 12.6 Å². The number of benzene rings is 1. The number of ether oxygens (including phenoxy) is 1. The molecule has 0 fully saturated rings. The standard InChI is InChI=1S/C11H12BrFN4O2/c12-6-3-9-8(4-7(6)13)16-11(15)17(9)1-2-19-5-10(14)18/h3-4H,1-2,5H2,(H2,14,18)(H2,15,16). The first kappa shape index (κ1) is 13.8. The highest BCUT2D eigenvalue weighted by atomic mass is 79.9. The maximum Gasteiger partial charge on any atom is 0.243 e. The molecule has 6 nitrogen and oxygen atoms in total. The summed E-state index contributed by atoms with van der Waals surface area (Å²) in [5, 5.41) is 0. The van der Waals surface area contributed by atoms with E-state index in [-0.39, 0.29) is 19.2 Å². The molecular formula is C11H12BrFN4O2. The summed E-state index contributed by atoms with van der Waals surface area (Å²) < 4.78 is 20.4. The monoisotopic (exact) mass is 330 g/mol. The SMILES string of the molecule is NC(=O)COCCn1c(N)nc2cc(F)c(Br)cc21. The van der Waals surface area contributed by atoms with Crippen LogP contribution in [-0.4, -0.2) is 28.7 Å². The van der Waals surface area contributed by atoms with Crippen LogP contribution in [0.4, 0.5) is 10.3 Å². The molecule has 0 bridgehead atoms. The maximum absolute atomic E-state index is 13.4. The molecule has 102 valence electrons. The number of carbonyl (C=O) groups is 1. The van der Waals surface area contributed by atoms with Crippen LogP contribution >= 0.6 is 15.9 Å². The summed E-state index contributed by atoms with van der Waals surface area (Å²) in [7, 11) is 0. The molecular weight excluding hydrogens is 319 g/mol. The van der Waals surface area contributed by atoms with Crippen LogP contribution in [0.1, 0.15) is 0 Å². The number of halogens is 2. The Kier molecular flexibility index (Phi) is 4.01. The molecule has 1 heterocycles. The van der Waals surface area contributed by atoms with Gasteiger partial charge in [0.05, 0.1) is 22.1 Å². The number of amides is 1. The zero-order valence-electron chi connectivity index (χ0n) is 9.90. The summed E-state index contributed by atoms with van der Waals surface area (Å²) in [6.45, 7) is 0.506. The molecule has 0 aliphatic heterocycles. The van der Waals surface area contributed by atoms with Gasteiger partial charge in [-0.25, -0.2) is 9.37 Å². The zero-order valence-corrected chi connectivity index (χ0v) is 11.5. The minimum absolute atomic E-state index is 0.148. The topological polar surface area (TPSA) is 96.2 Å². The minimum atomic E-state index is -0.534. The molecule has 0 aliphatic rings. The van der Waals surface area contributed by atoms with E-state index in [1.807, 2.05) is 0 Å². The fourth-order valence-electron chi connectivity index (χ4n) is 1.70. The lowest BCUT2D eigenvalue weighted by atomic mass is 10.3. The van der Waals surface area contributed by atoms with E-state index in [0.29, 0.717) is 22.1 Å². The van der Waals surface area contributed by atoms with Gasteiger partial charge in [-0.05, 0) is 22.0 Å². The van der Waals surface area contributed by atoms with Gasteiger partial charge in [0.25, 0.3) is 0 Å². The largest absolute Gasteiger partial charge is 0.370 e. The predicted molar refractivity (Wildman–Crippen MR) is 71.8 cm³/mol. The number of aromatic nitrogens is 2. The molecule has 1 amide bonds. The zero-order chi connectivity index (χ0) is 14.0. The lowest BCUT2D eigenvalue weighted by molar-refractivity contribution is -0.122. The highest BCUT2D eigenvalue weighted by molar-refractivity contribution is 9.10. The van der Waals surface area contributed by atoms with Gasteiger partial charge in [-0.3, -0.25) is 4.79 Å². The van der Waals surface area contributed by atoms with Gasteiger partial charge in [-0.1, -0.05) is 0 Å². The van der Waals surface area contributed by atoms with Crippen LogP contribution in [-0.2, 0) is 16.1 Å². The quantitative estimate of drug-likeness (QED) is 0.800. The van der Waals surface area contributed by atoms with E-state index in [1.165, 1.54) is 6.07 Å². The minimum Gasteiger partial charge on any atom is -0.370 e.